The van der Waals surface area contributed by atoms with Crippen LogP contribution >= 0.6 is 11.3 Å². The van der Waals surface area contributed by atoms with Gasteiger partial charge in [0.25, 0.3) is 29.2 Å². The summed E-state index contributed by atoms with van der Waals surface area (Å²) in [4.78, 5) is 74.2. The maximum Gasteiger partial charge on any atom is 0.280 e. The number of hydrogen-bond acceptors (Lipinski definition) is 11. The normalized spacial score (nSPS) is 21.1. The number of piperidine rings is 3. The number of aromatic nitrogens is 1. The van der Waals surface area contributed by atoms with E-state index in [2.05, 4.69) is 10.2 Å². The van der Waals surface area contributed by atoms with Gasteiger partial charge in [-0.25, -0.2) is 8.78 Å². The Kier molecular flexibility index (Phi) is 11.4. The standard InChI is InChI=1S/C44H51F2N7O7S/c1-48(2)22-32-34(59-5)17-26(18-35(32)60-6)31-23-49(3)41(56)30-20-36(61-39(30)31)40(55)47-37-13-16-52(24-44(37,45)46)27-11-14-51(15-12-27)28-8-7-25-21-53(42(57)29(25)19-28)33-9-10-38(54)50(4)43(33)58/h7-8,17-20,23,27,33,37H,9-16,21-22,24H2,1-6H3,(H,47,55). The van der Waals surface area contributed by atoms with E-state index in [1.807, 2.05) is 54.2 Å². The maximum absolute atomic E-state index is 15.9. The number of methoxy groups -OCH3 is 2. The number of nitrogens with one attached hydrogen (secondary N) is 1. The fraction of sp³-hybridized carbons (Fsp3) is 0.477. The Labute approximate surface area is 356 Å². The molecule has 3 fully saturated rings. The zero-order valence-electron chi connectivity index (χ0n) is 35.3. The molecule has 0 spiro atoms. The predicted octanol–water partition coefficient (Wildman–Crippen LogP) is 4.56. The minimum absolute atomic E-state index is 0.0621. The largest absolute Gasteiger partial charge is 0.496 e. The predicted molar refractivity (Wildman–Crippen MR) is 228 cm³/mol. The summed E-state index contributed by atoms with van der Waals surface area (Å²) in [7, 11) is 10.1. The molecule has 0 saturated carbocycles. The Morgan fingerprint density at radius 1 is 0.934 bits per heavy atom. The molecule has 3 saturated heterocycles. The van der Waals surface area contributed by atoms with Gasteiger partial charge in [0, 0.05) is 87.0 Å². The number of hydrogen-bond donors (Lipinski definition) is 1. The number of anilines is 1. The van der Waals surface area contributed by atoms with Gasteiger partial charge in [-0.1, -0.05) is 6.07 Å². The Hall–Kier alpha value is -5.39. The molecule has 8 rings (SSSR count). The summed E-state index contributed by atoms with van der Waals surface area (Å²) in [6.07, 6.45) is 3.58. The van der Waals surface area contributed by atoms with Gasteiger partial charge in [-0.3, -0.25) is 33.8 Å². The van der Waals surface area contributed by atoms with Crippen molar-refractivity contribution in [2.24, 2.45) is 7.05 Å². The first-order valence-corrected chi connectivity index (χ1v) is 21.3. The summed E-state index contributed by atoms with van der Waals surface area (Å²) in [5, 5.41) is 2.93. The minimum Gasteiger partial charge on any atom is -0.496 e. The number of carbonyl (C=O) groups is 4. The summed E-state index contributed by atoms with van der Waals surface area (Å²) < 4.78 is 45.3. The van der Waals surface area contributed by atoms with E-state index in [0.29, 0.717) is 90.3 Å². The third kappa shape index (κ3) is 7.87. The van der Waals surface area contributed by atoms with Crippen molar-refractivity contribution in [3.63, 3.8) is 0 Å². The van der Waals surface area contributed by atoms with Crippen LogP contribution in [0.2, 0.25) is 0 Å². The van der Waals surface area contributed by atoms with Gasteiger partial charge in [-0.2, -0.15) is 0 Å². The van der Waals surface area contributed by atoms with Gasteiger partial charge in [0.1, 0.15) is 17.5 Å². The van der Waals surface area contributed by atoms with Gasteiger partial charge in [-0.05, 0) is 81.2 Å². The number of likely N-dealkylation sites (tertiary alicyclic amines) is 2. The van der Waals surface area contributed by atoms with Crippen LogP contribution in [0.25, 0.3) is 21.2 Å². The van der Waals surface area contributed by atoms with Gasteiger partial charge in [0.05, 0.1) is 42.6 Å². The lowest BCUT2D eigenvalue weighted by Crippen LogP contribution is -2.61. The second-order valence-corrected chi connectivity index (χ2v) is 17.8. The van der Waals surface area contributed by atoms with Crippen molar-refractivity contribution in [1.82, 2.24) is 29.5 Å². The molecular formula is C44H51F2N7O7S. The van der Waals surface area contributed by atoms with Gasteiger partial charge in [-0.15, -0.1) is 11.3 Å². The first-order valence-electron chi connectivity index (χ1n) is 20.5. The molecule has 4 aliphatic heterocycles. The van der Waals surface area contributed by atoms with Crippen molar-refractivity contribution in [2.75, 3.05) is 66.4 Å². The van der Waals surface area contributed by atoms with Crippen LogP contribution in [0.4, 0.5) is 14.5 Å². The van der Waals surface area contributed by atoms with Crippen molar-refractivity contribution in [3.05, 3.63) is 74.5 Å². The highest BCUT2D eigenvalue weighted by Gasteiger charge is 2.47. The van der Waals surface area contributed by atoms with Crippen LogP contribution in [0, 0.1) is 0 Å². The van der Waals surface area contributed by atoms with E-state index in [1.165, 1.54) is 17.7 Å². The van der Waals surface area contributed by atoms with E-state index < -0.39 is 30.5 Å². The molecule has 0 bridgehead atoms. The number of benzene rings is 2. The molecule has 61 heavy (non-hydrogen) atoms. The summed E-state index contributed by atoms with van der Waals surface area (Å²) in [5.74, 6) is -3.47. The van der Waals surface area contributed by atoms with Gasteiger partial charge >= 0.3 is 0 Å². The lowest BCUT2D eigenvalue weighted by atomic mass is 9.95. The van der Waals surface area contributed by atoms with Crippen molar-refractivity contribution in [3.8, 4) is 22.6 Å². The topological polar surface area (TPSA) is 137 Å². The van der Waals surface area contributed by atoms with Crippen LogP contribution in [-0.2, 0) is 29.7 Å². The van der Waals surface area contributed by atoms with Crippen LogP contribution in [0.5, 0.6) is 11.5 Å². The molecule has 6 heterocycles. The van der Waals surface area contributed by atoms with Crippen LogP contribution < -0.4 is 25.2 Å². The molecule has 2 unspecified atom stereocenters. The molecule has 2 aromatic carbocycles. The smallest absolute Gasteiger partial charge is 0.280 e. The van der Waals surface area contributed by atoms with E-state index in [0.717, 1.165) is 33.1 Å². The molecule has 2 aromatic heterocycles. The summed E-state index contributed by atoms with van der Waals surface area (Å²) in [6, 6.07) is 8.83. The Bertz CT molecular complexity index is 2450. The number of fused-ring (bicyclic) bond motifs is 2. The Morgan fingerprint density at radius 3 is 2.30 bits per heavy atom. The van der Waals surface area contributed by atoms with E-state index >= 15 is 8.78 Å². The van der Waals surface area contributed by atoms with Gasteiger partial charge in [0.2, 0.25) is 5.91 Å². The molecule has 4 amide bonds. The number of halogens is 2. The quantitative estimate of drug-likeness (QED) is 0.226. The fourth-order valence-corrected chi connectivity index (χ4v) is 10.4. The molecule has 14 nitrogen and oxygen atoms in total. The molecule has 324 valence electrons. The molecule has 2 atom stereocenters. The van der Waals surface area contributed by atoms with E-state index in [9.17, 15) is 24.0 Å². The monoisotopic (exact) mass is 859 g/mol. The molecular weight excluding hydrogens is 809 g/mol. The zero-order chi connectivity index (χ0) is 43.5. The van der Waals surface area contributed by atoms with Crippen molar-refractivity contribution >= 4 is 50.7 Å². The highest BCUT2D eigenvalue weighted by molar-refractivity contribution is 7.21. The highest BCUT2D eigenvalue weighted by atomic mass is 32.1. The average Bonchev–Trinajstić information content (AvgIpc) is 3.83. The van der Waals surface area contributed by atoms with Crippen LogP contribution in [0.15, 0.2) is 47.4 Å². The molecule has 0 aliphatic carbocycles. The third-order valence-corrected chi connectivity index (χ3v) is 13.8. The maximum atomic E-state index is 15.9. The van der Waals surface area contributed by atoms with Crippen molar-refractivity contribution < 1.29 is 37.4 Å². The first-order chi connectivity index (χ1) is 29.1. The number of imide groups is 1. The zero-order valence-corrected chi connectivity index (χ0v) is 36.1. The van der Waals surface area contributed by atoms with Crippen LogP contribution in [0.3, 0.4) is 0 Å². The number of ether oxygens (including phenoxy) is 2. The van der Waals surface area contributed by atoms with Gasteiger partial charge in [0.15, 0.2) is 0 Å². The SMILES string of the molecule is COc1cc(-c2cn(C)c(=O)c3cc(C(=O)NC4CCN(C5CCN(c6ccc7c(c6)C(=O)N(C6CCC(=O)N(C)C6=O)C7)CC5)CC4(F)F)sc23)cc(OC)c1CN(C)C. The summed E-state index contributed by atoms with van der Waals surface area (Å²) >= 11 is 1.09. The number of nitrogens with zero attached hydrogens (tertiary/aromatic N) is 6. The summed E-state index contributed by atoms with van der Waals surface area (Å²) in [5.41, 5.74) is 4.18. The third-order valence-electron chi connectivity index (χ3n) is 12.7. The molecule has 17 heteroatoms. The van der Waals surface area contributed by atoms with Crippen LogP contribution in [-0.4, -0.2) is 133 Å². The highest BCUT2D eigenvalue weighted by Crippen LogP contribution is 2.41. The lowest BCUT2D eigenvalue weighted by molar-refractivity contribution is -0.150. The number of likely N-dealkylation sites (N-methyl/N-ethyl adjacent to an activating group) is 1. The number of amides is 4. The number of rotatable bonds is 10. The number of carbonyl (C=O) groups excluding carboxylic acids is 4. The minimum atomic E-state index is -3.20. The molecule has 1 N–H and O–H groups in total. The Morgan fingerprint density at radius 2 is 1.64 bits per heavy atom. The van der Waals surface area contributed by atoms with Gasteiger partial charge < -0.3 is 34.1 Å². The van der Waals surface area contributed by atoms with Crippen molar-refractivity contribution in [2.45, 2.75) is 69.2 Å². The number of aryl methyl sites for hydroxylation is 1. The average molecular weight is 860 g/mol. The molecule has 4 aliphatic rings. The van der Waals surface area contributed by atoms with E-state index in [1.54, 1.807) is 32.4 Å². The number of alkyl halides is 2. The number of pyridine rings is 1. The van der Waals surface area contributed by atoms with Crippen molar-refractivity contribution in [1.29, 1.82) is 0 Å². The number of thiophene rings is 1. The second kappa shape index (κ2) is 16.5. The van der Waals surface area contributed by atoms with E-state index in [4.69, 9.17) is 9.47 Å². The fourth-order valence-electron chi connectivity index (χ4n) is 9.30. The Balaban J connectivity index is 0.911. The molecule has 4 aromatic rings. The van der Waals surface area contributed by atoms with Crippen LogP contribution in [0.1, 0.15) is 63.3 Å². The van der Waals surface area contributed by atoms with E-state index in [-0.39, 0.29) is 47.0 Å². The second-order valence-electron chi connectivity index (χ2n) is 16.8. The summed E-state index contributed by atoms with van der Waals surface area (Å²) in [6.45, 7) is 2.01. The lowest BCUT2D eigenvalue weighted by Gasteiger charge is -2.45. The first kappa shape index (κ1) is 42.3. The molecule has 0 radical (unpaired) electrons.